The van der Waals surface area contributed by atoms with Gasteiger partial charge in [0.1, 0.15) is 5.82 Å². The van der Waals surface area contributed by atoms with Gasteiger partial charge in [-0.05, 0) is 42.8 Å². The lowest BCUT2D eigenvalue weighted by atomic mass is 10.1. The summed E-state index contributed by atoms with van der Waals surface area (Å²) in [4.78, 5) is 4.24. The van der Waals surface area contributed by atoms with Gasteiger partial charge < -0.3 is 10.3 Å². The van der Waals surface area contributed by atoms with Crippen LogP contribution in [-0.4, -0.2) is 10.1 Å². The zero-order valence-corrected chi connectivity index (χ0v) is 12.7. The number of aryl methyl sites for hydroxylation is 1. The Hall–Kier alpha value is -2.21. The van der Waals surface area contributed by atoms with E-state index in [0.717, 1.165) is 15.6 Å². The molecule has 0 aliphatic carbocycles. The van der Waals surface area contributed by atoms with Gasteiger partial charge in [0.25, 0.3) is 5.89 Å². The second kappa shape index (κ2) is 5.29. The first-order valence-corrected chi connectivity index (χ1v) is 6.99. The minimum atomic E-state index is -0.492. The van der Waals surface area contributed by atoms with Gasteiger partial charge in [0.2, 0.25) is 5.82 Å². The lowest BCUT2D eigenvalue weighted by Crippen LogP contribution is -1.89. The van der Waals surface area contributed by atoms with Crippen LogP contribution < -0.4 is 5.73 Å². The van der Waals surface area contributed by atoms with Crippen LogP contribution in [0.4, 0.5) is 10.1 Å². The van der Waals surface area contributed by atoms with Gasteiger partial charge in [-0.2, -0.15) is 4.98 Å². The lowest BCUT2D eigenvalue weighted by Gasteiger charge is -2.00. The van der Waals surface area contributed by atoms with Gasteiger partial charge in [0.15, 0.2) is 0 Å². The molecule has 0 saturated heterocycles. The second-order valence-electron chi connectivity index (χ2n) is 4.65. The topological polar surface area (TPSA) is 64.9 Å². The number of aromatic nitrogens is 2. The molecule has 0 amide bonds. The van der Waals surface area contributed by atoms with E-state index in [1.807, 2.05) is 25.1 Å². The Balaban J connectivity index is 2.03. The van der Waals surface area contributed by atoms with Gasteiger partial charge in [-0.25, -0.2) is 4.39 Å². The molecule has 6 heteroatoms. The Morgan fingerprint density at radius 2 is 1.90 bits per heavy atom. The lowest BCUT2D eigenvalue weighted by molar-refractivity contribution is 0.429. The number of rotatable bonds is 2. The molecular weight excluding hydrogens is 337 g/mol. The summed E-state index contributed by atoms with van der Waals surface area (Å²) in [5.74, 6) is 0.0243. The number of hydrogen-bond acceptors (Lipinski definition) is 4. The van der Waals surface area contributed by atoms with Crippen molar-refractivity contribution in [3.63, 3.8) is 0 Å². The van der Waals surface area contributed by atoms with Gasteiger partial charge >= 0.3 is 0 Å². The van der Waals surface area contributed by atoms with E-state index in [0.29, 0.717) is 11.5 Å². The fourth-order valence-electron chi connectivity index (χ4n) is 1.95. The number of hydrogen-bond donors (Lipinski definition) is 1. The molecule has 21 heavy (non-hydrogen) atoms. The van der Waals surface area contributed by atoms with E-state index in [-0.39, 0.29) is 11.5 Å². The highest BCUT2D eigenvalue weighted by atomic mass is 79.9. The van der Waals surface area contributed by atoms with Gasteiger partial charge in [-0.15, -0.1) is 0 Å². The molecule has 0 saturated carbocycles. The molecule has 0 bridgehead atoms. The van der Waals surface area contributed by atoms with E-state index in [4.69, 9.17) is 10.3 Å². The summed E-state index contributed by atoms with van der Waals surface area (Å²) in [6.45, 7) is 1.99. The first kappa shape index (κ1) is 13.8. The van der Waals surface area contributed by atoms with E-state index in [1.165, 1.54) is 12.1 Å². The van der Waals surface area contributed by atoms with Crippen molar-refractivity contribution in [1.82, 2.24) is 10.1 Å². The highest BCUT2D eigenvalue weighted by Gasteiger charge is 2.16. The number of nitrogens with zero attached hydrogens (tertiary/aromatic N) is 2. The largest absolute Gasteiger partial charge is 0.399 e. The van der Waals surface area contributed by atoms with Crippen LogP contribution in [-0.2, 0) is 0 Å². The smallest absolute Gasteiger partial charge is 0.261 e. The summed E-state index contributed by atoms with van der Waals surface area (Å²) >= 11 is 3.46. The Kier molecular flexibility index (Phi) is 3.47. The van der Waals surface area contributed by atoms with Gasteiger partial charge in [0.05, 0.1) is 5.56 Å². The predicted octanol–water partition coefficient (Wildman–Crippen LogP) is 4.20. The third-order valence-electron chi connectivity index (χ3n) is 3.02. The molecule has 3 rings (SSSR count). The zero-order chi connectivity index (χ0) is 15.0. The Morgan fingerprint density at radius 3 is 2.62 bits per heavy atom. The van der Waals surface area contributed by atoms with Crippen LogP contribution in [0.1, 0.15) is 5.56 Å². The van der Waals surface area contributed by atoms with Crippen molar-refractivity contribution in [3.05, 3.63) is 52.3 Å². The Morgan fingerprint density at radius 1 is 1.14 bits per heavy atom. The molecule has 2 aromatic carbocycles. The normalized spacial score (nSPS) is 10.8. The number of nitrogen functional groups attached to an aromatic ring is 1. The molecule has 2 N–H and O–H groups in total. The summed E-state index contributed by atoms with van der Waals surface area (Å²) in [7, 11) is 0. The van der Waals surface area contributed by atoms with Crippen LogP contribution in [0.5, 0.6) is 0 Å². The van der Waals surface area contributed by atoms with Gasteiger partial charge in [0, 0.05) is 15.7 Å². The van der Waals surface area contributed by atoms with Crippen LogP contribution in [0.15, 0.2) is 45.4 Å². The van der Waals surface area contributed by atoms with Crippen molar-refractivity contribution >= 4 is 21.6 Å². The molecule has 106 valence electrons. The first-order valence-electron chi connectivity index (χ1n) is 6.20. The van der Waals surface area contributed by atoms with E-state index in [1.54, 1.807) is 6.07 Å². The quantitative estimate of drug-likeness (QED) is 0.705. The van der Waals surface area contributed by atoms with E-state index in [9.17, 15) is 4.39 Å². The predicted molar refractivity (Wildman–Crippen MR) is 82.0 cm³/mol. The van der Waals surface area contributed by atoms with Crippen molar-refractivity contribution < 1.29 is 8.91 Å². The summed E-state index contributed by atoms with van der Waals surface area (Å²) in [6, 6.07) is 10.1. The number of benzene rings is 2. The highest BCUT2D eigenvalue weighted by molar-refractivity contribution is 9.10. The van der Waals surface area contributed by atoms with Crippen LogP contribution in [0.25, 0.3) is 22.8 Å². The fraction of sp³-hybridized carbons (Fsp3) is 0.0667. The Bertz CT molecular complexity index is 750. The molecule has 1 heterocycles. The fourth-order valence-corrected chi connectivity index (χ4v) is 2.62. The number of anilines is 1. The van der Waals surface area contributed by atoms with Crippen molar-refractivity contribution in [1.29, 1.82) is 0 Å². The average molecular weight is 348 g/mol. The standard InChI is InChI=1S/C15H11BrFN3O/c1-8-2-4-10(12(16)6-8)14-19-15(21-20-14)11-5-3-9(18)7-13(11)17/h2-7H,18H2,1H3. The molecule has 0 radical (unpaired) electrons. The van der Waals surface area contributed by atoms with E-state index >= 15 is 0 Å². The van der Waals surface area contributed by atoms with Crippen LogP contribution in [0.2, 0.25) is 0 Å². The molecule has 4 nitrogen and oxygen atoms in total. The molecule has 3 aromatic rings. The minimum Gasteiger partial charge on any atom is -0.399 e. The van der Waals surface area contributed by atoms with Crippen LogP contribution in [0, 0.1) is 12.7 Å². The molecule has 1 aromatic heterocycles. The molecular formula is C15H11BrFN3O. The third kappa shape index (κ3) is 2.67. The van der Waals surface area contributed by atoms with E-state index < -0.39 is 5.82 Å². The number of nitrogens with two attached hydrogens (primary N) is 1. The van der Waals surface area contributed by atoms with Crippen molar-refractivity contribution in [2.24, 2.45) is 0 Å². The molecule has 0 unspecified atom stereocenters. The molecule has 0 aliphatic rings. The summed E-state index contributed by atoms with van der Waals surface area (Å²) in [6.07, 6.45) is 0. The van der Waals surface area contributed by atoms with Gasteiger partial charge in [-0.3, -0.25) is 0 Å². The maximum absolute atomic E-state index is 13.9. The molecule has 0 fully saturated rings. The summed E-state index contributed by atoms with van der Waals surface area (Å²) in [5, 5.41) is 3.90. The average Bonchev–Trinajstić information content (AvgIpc) is 2.87. The maximum Gasteiger partial charge on any atom is 0.261 e. The monoisotopic (exact) mass is 347 g/mol. The Labute approximate surface area is 128 Å². The maximum atomic E-state index is 13.9. The van der Waals surface area contributed by atoms with Crippen molar-refractivity contribution in [2.45, 2.75) is 6.92 Å². The summed E-state index contributed by atoms with van der Waals surface area (Å²) in [5.41, 5.74) is 7.99. The van der Waals surface area contributed by atoms with E-state index in [2.05, 4.69) is 26.1 Å². The zero-order valence-electron chi connectivity index (χ0n) is 11.1. The SMILES string of the molecule is Cc1ccc(-c2noc(-c3ccc(N)cc3F)n2)c(Br)c1. The third-order valence-corrected chi connectivity index (χ3v) is 3.67. The molecule has 0 atom stereocenters. The molecule has 0 aliphatic heterocycles. The van der Waals surface area contributed by atoms with Crippen molar-refractivity contribution in [3.8, 4) is 22.8 Å². The second-order valence-corrected chi connectivity index (χ2v) is 5.50. The van der Waals surface area contributed by atoms with Crippen LogP contribution in [0.3, 0.4) is 0 Å². The van der Waals surface area contributed by atoms with Crippen LogP contribution >= 0.6 is 15.9 Å². The first-order chi connectivity index (χ1) is 10.0. The number of halogens is 2. The summed E-state index contributed by atoms with van der Waals surface area (Å²) < 4.78 is 19.9. The van der Waals surface area contributed by atoms with Crippen molar-refractivity contribution in [2.75, 3.05) is 5.73 Å². The molecule has 0 spiro atoms. The highest BCUT2D eigenvalue weighted by Crippen LogP contribution is 2.30. The van der Waals surface area contributed by atoms with Gasteiger partial charge in [-0.1, -0.05) is 27.2 Å². The minimum absolute atomic E-state index is 0.120.